The Balaban J connectivity index is 1.21. The molecule has 0 bridgehead atoms. The molecule has 2 atom stereocenters. The minimum atomic E-state index is -0.465. The second kappa shape index (κ2) is 15.8. The van der Waals surface area contributed by atoms with Crippen LogP contribution < -0.4 is 5.73 Å². The van der Waals surface area contributed by atoms with Gasteiger partial charge in [0.2, 0.25) is 5.91 Å². The molecule has 0 unspecified atom stereocenters. The van der Waals surface area contributed by atoms with E-state index in [-0.39, 0.29) is 17.7 Å². The van der Waals surface area contributed by atoms with Gasteiger partial charge in [0.25, 0.3) is 0 Å². The molecule has 1 saturated carbocycles. The van der Waals surface area contributed by atoms with Crippen LogP contribution in [0.15, 0.2) is 24.7 Å². The molecule has 3 N–H and O–H groups in total. The Hall–Kier alpha value is -3.06. The number of nitrogens with one attached hydrogen (secondary N) is 1. The molecule has 0 aliphatic heterocycles. The lowest BCUT2D eigenvalue weighted by Crippen LogP contribution is -2.33. The summed E-state index contributed by atoms with van der Waals surface area (Å²) >= 11 is 0. The molecule has 0 aromatic carbocycles. The number of ether oxygens (including phenoxy) is 3. The average Bonchev–Trinajstić information content (AvgIpc) is 3.38. The Morgan fingerprint density at radius 2 is 1.78 bits per heavy atom. The third-order valence-electron chi connectivity index (χ3n) is 7.40. The molecule has 41 heavy (non-hydrogen) atoms. The number of aromatic nitrogens is 4. The molecule has 4 rings (SSSR count). The predicted octanol–water partition coefficient (Wildman–Crippen LogP) is 3.50. The Labute approximate surface area is 239 Å². The number of nitrogens with zero attached hydrogens (tertiary/aromatic N) is 4. The lowest BCUT2D eigenvalue weighted by molar-refractivity contribution is -0.132. The van der Waals surface area contributed by atoms with E-state index < -0.39 is 11.6 Å². The van der Waals surface area contributed by atoms with Crippen molar-refractivity contribution in [2.45, 2.75) is 38.5 Å². The highest BCUT2D eigenvalue weighted by Gasteiger charge is 2.27. The third kappa shape index (κ3) is 9.22. The molecule has 3 aromatic rings. The Morgan fingerprint density at radius 3 is 2.56 bits per heavy atom. The zero-order valence-electron chi connectivity index (χ0n) is 23.6. The van der Waals surface area contributed by atoms with Crippen LogP contribution in [0.25, 0.3) is 22.4 Å². The van der Waals surface area contributed by atoms with Crippen LogP contribution >= 0.6 is 0 Å². The van der Waals surface area contributed by atoms with E-state index >= 15 is 0 Å². The van der Waals surface area contributed by atoms with Crippen LogP contribution in [0.3, 0.4) is 0 Å². The second-order valence-electron chi connectivity index (χ2n) is 10.5. The number of hydrogen-bond acceptors (Lipinski definition) is 8. The predicted molar refractivity (Wildman–Crippen MR) is 150 cm³/mol. The molecule has 12 heteroatoms. The SMILES string of the molecule is CN(CCOCCOCCOCCN)C(=O)C[C@@H]1CCC[C@H](Cc2nc(-c3c[nH]c4ncc(F)cc34)ncc2F)C1. The van der Waals surface area contributed by atoms with Crippen molar-refractivity contribution in [3.63, 3.8) is 0 Å². The maximum atomic E-state index is 14.7. The largest absolute Gasteiger partial charge is 0.378 e. The van der Waals surface area contributed by atoms with E-state index in [4.69, 9.17) is 19.9 Å². The number of halogens is 2. The molecule has 3 aromatic heterocycles. The fourth-order valence-corrected chi connectivity index (χ4v) is 5.24. The summed E-state index contributed by atoms with van der Waals surface area (Å²) in [7, 11) is 1.79. The van der Waals surface area contributed by atoms with Crippen LogP contribution in [0, 0.1) is 23.5 Å². The van der Waals surface area contributed by atoms with E-state index in [1.54, 1.807) is 18.1 Å². The smallest absolute Gasteiger partial charge is 0.222 e. The number of amides is 1. The number of rotatable bonds is 16. The summed E-state index contributed by atoms with van der Waals surface area (Å²) in [6, 6.07) is 1.37. The maximum Gasteiger partial charge on any atom is 0.222 e. The van der Waals surface area contributed by atoms with E-state index in [0.29, 0.717) is 93.7 Å². The number of pyridine rings is 1. The van der Waals surface area contributed by atoms with Crippen LogP contribution in [0.2, 0.25) is 0 Å². The van der Waals surface area contributed by atoms with Crippen molar-refractivity contribution in [1.82, 2.24) is 24.8 Å². The van der Waals surface area contributed by atoms with Crippen LogP contribution in [0.5, 0.6) is 0 Å². The van der Waals surface area contributed by atoms with Gasteiger partial charge in [-0.1, -0.05) is 12.8 Å². The molecule has 224 valence electrons. The zero-order valence-corrected chi connectivity index (χ0v) is 23.6. The normalized spacial score (nSPS) is 17.3. The first-order valence-corrected chi connectivity index (χ1v) is 14.3. The molecule has 10 nitrogen and oxygen atoms in total. The van der Waals surface area contributed by atoms with Gasteiger partial charge in [-0.3, -0.25) is 4.79 Å². The Kier molecular flexibility index (Phi) is 11.9. The minimum Gasteiger partial charge on any atom is -0.378 e. The summed E-state index contributed by atoms with van der Waals surface area (Å²) in [5.41, 5.74) is 6.79. The topological polar surface area (TPSA) is 128 Å². The van der Waals surface area contributed by atoms with E-state index in [2.05, 4.69) is 19.9 Å². The zero-order chi connectivity index (χ0) is 29.0. The summed E-state index contributed by atoms with van der Waals surface area (Å²) < 4.78 is 44.8. The van der Waals surface area contributed by atoms with Gasteiger partial charge in [0.15, 0.2) is 11.6 Å². The molecule has 0 spiro atoms. The molecular weight excluding hydrogens is 534 g/mol. The first-order valence-electron chi connectivity index (χ1n) is 14.3. The molecule has 1 fully saturated rings. The number of likely N-dealkylation sites (N-methyl/N-ethyl adjacent to an activating group) is 1. The van der Waals surface area contributed by atoms with E-state index in [1.807, 2.05) is 0 Å². The molecule has 0 radical (unpaired) electrons. The molecular formula is C29H40F2N6O4. The van der Waals surface area contributed by atoms with Gasteiger partial charge in [0.05, 0.1) is 57.7 Å². The monoisotopic (exact) mass is 574 g/mol. The van der Waals surface area contributed by atoms with Crippen molar-refractivity contribution >= 4 is 16.9 Å². The Bertz CT molecular complexity index is 1260. The highest BCUT2D eigenvalue weighted by atomic mass is 19.1. The van der Waals surface area contributed by atoms with Gasteiger partial charge in [0.1, 0.15) is 11.5 Å². The van der Waals surface area contributed by atoms with Crippen molar-refractivity contribution in [2.75, 3.05) is 59.8 Å². The molecule has 0 saturated heterocycles. The quantitative estimate of drug-likeness (QED) is 0.249. The highest BCUT2D eigenvalue weighted by molar-refractivity contribution is 5.91. The number of H-pyrrole nitrogens is 1. The summed E-state index contributed by atoms with van der Waals surface area (Å²) in [6.45, 7) is 3.91. The van der Waals surface area contributed by atoms with Crippen LogP contribution in [-0.2, 0) is 25.4 Å². The molecule has 1 aliphatic rings. The lowest BCUT2D eigenvalue weighted by atomic mass is 9.77. The van der Waals surface area contributed by atoms with Crippen LogP contribution in [0.1, 0.15) is 37.8 Å². The average molecular weight is 575 g/mol. The fourth-order valence-electron chi connectivity index (χ4n) is 5.24. The van der Waals surface area contributed by atoms with Gasteiger partial charge in [0, 0.05) is 43.7 Å². The highest BCUT2D eigenvalue weighted by Crippen LogP contribution is 2.34. The Morgan fingerprint density at radius 1 is 1.05 bits per heavy atom. The first-order chi connectivity index (χ1) is 19.9. The third-order valence-corrected chi connectivity index (χ3v) is 7.40. The summed E-state index contributed by atoms with van der Waals surface area (Å²) in [5, 5.41) is 0.547. The van der Waals surface area contributed by atoms with E-state index in [9.17, 15) is 13.6 Å². The minimum absolute atomic E-state index is 0.0863. The van der Waals surface area contributed by atoms with Crippen molar-refractivity contribution in [3.05, 3.63) is 42.0 Å². The number of nitrogens with two attached hydrogens (primary N) is 1. The van der Waals surface area contributed by atoms with Crippen LogP contribution in [-0.4, -0.2) is 90.5 Å². The molecule has 1 aliphatic carbocycles. The van der Waals surface area contributed by atoms with Crippen molar-refractivity contribution in [2.24, 2.45) is 17.6 Å². The fraction of sp³-hybridized carbons (Fsp3) is 0.586. The first kappa shape index (κ1) is 30.9. The number of aromatic amines is 1. The van der Waals surface area contributed by atoms with Crippen molar-refractivity contribution in [3.8, 4) is 11.4 Å². The standard InChI is InChI=1S/C29H40F2N6O4/c1-37(6-8-40-10-12-41-11-9-39-7-5-32)27(38)15-21-4-2-3-20(13-21)14-26-25(31)19-35-29(36-26)24-18-34-28-23(24)16-22(30)17-33-28/h16-21H,2-15,32H2,1H3,(H,33,34)/t20-,21+/m0/s1. The van der Waals surface area contributed by atoms with Gasteiger partial charge < -0.3 is 29.8 Å². The number of fused-ring (bicyclic) bond motifs is 1. The van der Waals surface area contributed by atoms with Gasteiger partial charge in [-0.15, -0.1) is 0 Å². The summed E-state index contributed by atoms with van der Waals surface area (Å²) in [4.78, 5) is 30.2. The second-order valence-corrected chi connectivity index (χ2v) is 10.5. The van der Waals surface area contributed by atoms with Crippen molar-refractivity contribution in [1.29, 1.82) is 0 Å². The van der Waals surface area contributed by atoms with Gasteiger partial charge in [-0.05, 0) is 37.2 Å². The maximum absolute atomic E-state index is 14.7. The number of carbonyl (C=O) groups excluding carboxylic acids is 1. The van der Waals surface area contributed by atoms with Gasteiger partial charge in [-0.2, -0.15) is 0 Å². The molecule has 1 amide bonds. The van der Waals surface area contributed by atoms with Gasteiger partial charge in [-0.25, -0.2) is 23.7 Å². The van der Waals surface area contributed by atoms with Crippen LogP contribution in [0.4, 0.5) is 8.78 Å². The molecule has 3 heterocycles. The van der Waals surface area contributed by atoms with Gasteiger partial charge >= 0.3 is 0 Å². The van der Waals surface area contributed by atoms with E-state index in [1.165, 1.54) is 12.3 Å². The lowest BCUT2D eigenvalue weighted by Gasteiger charge is -2.30. The van der Waals surface area contributed by atoms with E-state index in [0.717, 1.165) is 31.9 Å². The number of carbonyl (C=O) groups is 1. The number of hydrogen-bond donors (Lipinski definition) is 2. The summed E-state index contributed by atoms with van der Waals surface area (Å²) in [6.07, 6.45) is 8.65. The summed E-state index contributed by atoms with van der Waals surface area (Å²) in [5.74, 6) is -0.0480. The van der Waals surface area contributed by atoms with Crippen molar-refractivity contribution < 1.29 is 27.8 Å².